The molecule has 6 heteroatoms. The molecule has 0 amide bonds. The Labute approximate surface area is 155 Å². The fraction of sp³-hybridized carbons (Fsp3) is 0.579. The number of methoxy groups -OCH3 is 1. The molecule has 1 saturated heterocycles. The summed E-state index contributed by atoms with van der Waals surface area (Å²) in [7, 11) is 1.63. The van der Waals surface area contributed by atoms with Gasteiger partial charge < -0.3 is 19.9 Å². The van der Waals surface area contributed by atoms with Crippen LogP contribution in [0, 0.1) is 0 Å². The highest BCUT2D eigenvalue weighted by Crippen LogP contribution is 2.28. The summed E-state index contributed by atoms with van der Waals surface area (Å²) in [6.45, 7) is 10.4. The van der Waals surface area contributed by atoms with Gasteiger partial charge in [-0.2, -0.15) is 11.8 Å². The SMILES string of the molecule is C=C(C)CNCc1ccc(OCC(O)CN2CCSCC2)c(OC)c1. The number of hydrogen-bond donors (Lipinski definition) is 2. The van der Waals surface area contributed by atoms with E-state index in [4.69, 9.17) is 9.47 Å². The van der Waals surface area contributed by atoms with E-state index in [9.17, 15) is 5.11 Å². The van der Waals surface area contributed by atoms with Gasteiger partial charge in [0, 0.05) is 44.2 Å². The molecule has 5 nitrogen and oxygen atoms in total. The Balaban J connectivity index is 1.82. The Hall–Kier alpha value is -1.21. The third kappa shape index (κ3) is 7.28. The highest BCUT2D eigenvalue weighted by molar-refractivity contribution is 7.99. The van der Waals surface area contributed by atoms with Crippen LogP contribution in [0.2, 0.25) is 0 Å². The normalized spacial score (nSPS) is 16.4. The average Bonchev–Trinajstić information content (AvgIpc) is 2.61. The van der Waals surface area contributed by atoms with Crippen LogP contribution in [0.3, 0.4) is 0 Å². The van der Waals surface area contributed by atoms with Crippen molar-refractivity contribution in [2.24, 2.45) is 0 Å². The number of thioether (sulfide) groups is 1. The maximum atomic E-state index is 10.2. The van der Waals surface area contributed by atoms with Gasteiger partial charge in [0.25, 0.3) is 0 Å². The Morgan fingerprint density at radius 1 is 1.36 bits per heavy atom. The molecule has 2 rings (SSSR count). The van der Waals surface area contributed by atoms with Crippen LogP contribution >= 0.6 is 11.8 Å². The monoisotopic (exact) mass is 366 g/mol. The minimum Gasteiger partial charge on any atom is -0.493 e. The summed E-state index contributed by atoms with van der Waals surface area (Å²) in [5.41, 5.74) is 2.23. The Bertz CT molecular complexity index is 547. The molecule has 0 radical (unpaired) electrons. The third-order valence-corrected chi connectivity index (χ3v) is 4.93. The van der Waals surface area contributed by atoms with Crippen molar-refractivity contribution in [2.75, 3.05) is 51.4 Å². The summed E-state index contributed by atoms with van der Waals surface area (Å²) < 4.78 is 11.2. The van der Waals surface area contributed by atoms with Crippen LogP contribution in [-0.4, -0.2) is 67.5 Å². The van der Waals surface area contributed by atoms with E-state index in [0.717, 1.165) is 48.8 Å². The van der Waals surface area contributed by atoms with E-state index >= 15 is 0 Å². The molecule has 1 aliphatic rings. The first-order valence-corrected chi connectivity index (χ1v) is 9.87. The molecule has 1 atom stereocenters. The van der Waals surface area contributed by atoms with Crippen LogP contribution in [0.25, 0.3) is 0 Å². The fourth-order valence-electron chi connectivity index (χ4n) is 2.68. The summed E-state index contributed by atoms with van der Waals surface area (Å²) in [6, 6.07) is 5.88. The van der Waals surface area contributed by atoms with Crippen LogP contribution in [0.5, 0.6) is 11.5 Å². The number of nitrogens with one attached hydrogen (secondary N) is 1. The second-order valence-corrected chi connectivity index (χ2v) is 7.65. The molecule has 1 unspecified atom stereocenters. The summed E-state index contributed by atoms with van der Waals surface area (Å²) >= 11 is 1.97. The van der Waals surface area contributed by atoms with Crippen molar-refractivity contribution in [2.45, 2.75) is 19.6 Å². The van der Waals surface area contributed by atoms with Crippen molar-refractivity contribution in [3.05, 3.63) is 35.9 Å². The molecule has 0 aliphatic carbocycles. The van der Waals surface area contributed by atoms with Gasteiger partial charge >= 0.3 is 0 Å². The summed E-state index contributed by atoms with van der Waals surface area (Å²) in [4.78, 5) is 2.29. The fourth-order valence-corrected chi connectivity index (χ4v) is 3.66. The lowest BCUT2D eigenvalue weighted by Crippen LogP contribution is -2.40. The first kappa shape index (κ1) is 20.1. The minimum atomic E-state index is -0.496. The number of β-amino-alcohol motifs (C(OH)–C–C–N with tert-alkyl or cyclic N) is 1. The largest absolute Gasteiger partial charge is 0.493 e. The zero-order valence-electron chi connectivity index (χ0n) is 15.3. The highest BCUT2D eigenvalue weighted by atomic mass is 32.2. The maximum Gasteiger partial charge on any atom is 0.161 e. The molecule has 1 aromatic rings. The molecule has 1 aromatic carbocycles. The molecule has 0 saturated carbocycles. The van der Waals surface area contributed by atoms with Crippen molar-refractivity contribution < 1.29 is 14.6 Å². The van der Waals surface area contributed by atoms with Crippen LogP contribution in [-0.2, 0) is 6.54 Å². The van der Waals surface area contributed by atoms with Gasteiger partial charge in [-0.05, 0) is 24.6 Å². The lowest BCUT2D eigenvalue weighted by atomic mass is 10.2. The highest BCUT2D eigenvalue weighted by Gasteiger charge is 2.16. The van der Waals surface area contributed by atoms with E-state index in [0.29, 0.717) is 18.0 Å². The molecule has 140 valence electrons. The summed E-state index contributed by atoms with van der Waals surface area (Å²) in [5, 5.41) is 13.5. The summed E-state index contributed by atoms with van der Waals surface area (Å²) in [6.07, 6.45) is -0.496. The van der Waals surface area contributed by atoms with E-state index in [1.165, 1.54) is 0 Å². The van der Waals surface area contributed by atoms with Crippen molar-refractivity contribution in [3.8, 4) is 11.5 Å². The smallest absolute Gasteiger partial charge is 0.161 e. The molecular formula is C19H30N2O3S. The number of aliphatic hydroxyl groups excluding tert-OH is 1. The quantitative estimate of drug-likeness (QED) is 0.619. The Morgan fingerprint density at radius 2 is 2.12 bits per heavy atom. The van der Waals surface area contributed by atoms with Gasteiger partial charge in [-0.3, -0.25) is 4.90 Å². The molecule has 0 spiro atoms. The van der Waals surface area contributed by atoms with Gasteiger partial charge in [0.05, 0.1) is 7.11 Å². The van der Waals surface area contributed by atoms with E-state index in [1.54, 1.807) is 7.11 Å². The van der Waals surface area contributed by atoms with E-state index in [1.807, 2.05) is 36.9 Å². The maximum absolute atomic E-state index is 10.2. The second kappa shape index (κ2) is 10.7. The molecule has 2 N–H and O–H groups in total. The predicted molar refractivity (Wildman–Crippen MR) is 105 cm³/mol. The number of aliphatic hydroxyl groups is 1. The second-order valence-electron chi connectivity index (χ2n) is 6.42. The molecule has 0 aromatic heterocycles. The van der Waals surface area contributed by atoms with Gasteiger partial charge in [0.15, 0.2) is 11.5 Å². The first-order valence-electron chi connectivity index (χ1n) is 8.71. The van der Waals surface area contributed by atoms with Crippen molar-refractivity contribution >= 4 is 11.8 Å². The lowest BCUT2D eigenvalue weighted by molar-refractivity contribution is 0.0705. The van der Waals surface area contributed by atoms with Crippen LogP contribution in [0.15, 0.2) is 30.4 Å². The number of hydrogen-bond acceptors (Lipinski definition) is 6. The third-order valence-electron chi connectivity index (χ3n) is 3.99. The topological polar surface area (TPSA) is 54.0 Å². The molecule has 0 bridgehead atoms. The number of rotatable bonds is 10. The summed E-state index contributed by atoms with van der Waals surface area (Å²) in [5.74, 6) is 3.64. The average molecular weight is 367 g/mol. The number of ether oxygens (including phenoxy) is 2. The standard InChI is InChI=1S/C19H30N2O3S/c1-15(2)11-20-12-16-4-5-18(19(10-16)23-3)24-14-17(22)13-21-6-8-25-9-7-21/h4-5,10,17,20,22H,1,6-9,11-14H2,2-3H3. The zero-order valence-corrected chi connectivity index (χ0v) is 16.1. The van der Waals surface area contributed by atoms with Gasteiger partial charge in [-0.1, -0.05) is 18.2 Å². The van der Waals surface area contributed by atoms with E-state index < -0.39 is 6.10 Å². The van der Waals surface area contributed by atoms with E-state index in [2.05, 4.69) is 16.8 Å². The molecule has 1 aliphatic heterocycles. The number of benzene rings is 1. The van der Waals surface area contributed by atoms with Crippen molar-refractivity contribution in [1.82, 2.24) is 10.2 Å². The van der Waals surface area contributed by atoms with Crippen LogP contribution < -0.4 is 14.8 Å². The van der Waals surface area contributed by atoms with E-state index in [-0.39, 0.29) is 6.61 Å². The van der Waals surface area contributed by atoms with Crippen LogP contribution in [0.4, 0.5) is 0 Å². The molecule has 25 heavy (non-hydrogen) atoms. The van der Waals surface area contributed by atoms with Gasteiger partial charge in [-0.15, -0.1) is 0 Å². The molecule has 1 fully saturated rings. The Morgan fingerprint density at radius 3 is 2.80 bits per heavy atom. The predicted octanol–water partition coefficient (Wildman–Crippen LogP) is 2.15. The zero-order chi connectivity index (χ0) is 18.1. The van der Waals surface area contributed by atoms with Gasteiger partial charge in [0.2, 0.25) is 0 Å². The molecule has 1 heterocycles. The first-order chi connectivity index (χ1) is 12.1. The van der Waals surface area contributed by atoms with Crippen molar-refractivity contribution in [3.63, 3.8) is 0 Å². The van der Waals surface area contributed by atoms with Crippen LogP contribution in [0.1, 0.15) is 12.5 Å². The van der Waals surface area contributed by atoms with Crippen molar-refractivity contribution in [1.29, 1.82) is 0 Å². The molecular weight excluding hydrogens is 336 g/mol. The van der Waals surface area contributed by atoms with Gasteiger partial charge in [-0.25, -0.2) is 0 Å². The number of nitrogens with zero attached hydrogens (tertiary/aromatic N) is 1. The van der Waals surface area contributed by atoms with Gasteiger partial charge in [0.1, 0.15) is 12.7 Å². The minimum absolute atomic E-state index is 0.271. The Kier molecular flexibility index (Phi) is 8.61. The lowest BCUT2D eigenvalue weighted by Gasteiger charge is -2.28.